The summed E-state index contributed by atoms with van der Waals surface area (Å²) in [5, 5.41) is 6.37. The van der Waals surface area contributed by atoms with Gasteiger partial charge in [-0.15, -0.1) is 0 Å². The summed E-state index contributed by atoms with van der Waals surface area (Å²) in [6.07, 6.45) is 4.63. The molecule has 2 heterocycles. The second kappa shape index (κ2) is 9.18. The zero-order valence-electron chi connectivity index (χ0n) is 18.4. The van der Waals surface area contributed by atoms with Crippen molar-refractivity contribution >= 4 is 45.6 Å². The molecule has 1 aliphatic heterocycles. The number of amides is 1. The maximum atomic E-state index is 14.4. The second-order valence-corrected chi connectivity index (χ2v) is 8.51. The number of halogens is 2. The Bertz CT molecular complexity index is 1320. The van der Waals surface area contributed by atoms with Crippen LogP contribution >= 0.6 is 11.6 Å². The summed E-state index contributed by atoms with van der Waals surface area (Å²) >= 11 is 5.90. The molecule has 0 aliphatic carbocycles. The molecule has 0 radical (unpaired) electrons. The Labute approximate surface area is 196 Å². The number of hydrogen-bond acceptors (Lipinski definition) is 5. The summed E-state index contributed by atoms with van der Waals surface area (Å²) < 4.78 is 14.4. The molecular formula is C25H23ClFN5O. The van der Waals surface area contributed by atoms with Crippen LogP contribution in [0.15, 0.2) is 49.3 Å². The standard InChI is InChI=1S/C25H23ClFN5O/c1-4-22(33)30-20-14-17-21(13-16(20)9-11-25(2)10-6-12-32(25)3)28-15-29-24(17)31-19-8-5-7-18(26)23(19)27/h4-5,7-8,13-15H,1,6,10,12H2,2-3H3,(H,30,33)(H,28,29,31)/t25-/m1/s1. The van der Waals surface area contributed by atoms with Crippen LogP contribution in [-0.2, 0) is 4.79 Å². The number of carbonyl (C=O) groups is 1. The van der Waals surface area contributed by atoms with Crippen molar-refractivity contribution in [2.75, 3.05) is 24.2 Å². The Kier molecular flexibility index (Phi) is 6.32. The van der Waals surface area contributed by atoms with E-state index in [0.29, 0.717) is 28.0 Å². The molecule has 1 aromatic heterocycles. The van der Waals surface area contributed by atoms with Crippen LogP contribution in [0.25, 0.3) is 10.9 Å². The predicted octanol–water partition coefficient (Wildman–Crippen LogP) is 5.13. The number of hydrogen-bond donors (Lipinski definition) is 2. The fraction of sp³-hybridized carbons (Fsp3) is 0.240. The van der Waals surface area contributed by atoms with Crippen LogP contribution in [-0.4, -0.2) is 39.9 Å². The molecule has 1 aliphatic rings. The van der Waals surface area contributed by atoms with E-state index in [1.807, 2.05) is 0 Å². The van der Waals surface area contributed by atoms with E-state index >= 15 is 0 Å². The molecule has 0 saturated carbocycles. The Morgan fingerprint density at radius 3 is 2.88 bits per heavy atom. The van der Waals surface area contributed by atoms with Crippen molar-refractivity contribution in [2.45, 2.75) is 25.3 Å². The predicted molar refractivity (Wildman–Crippen MR) is 130 cm³/mol. The first-order chi connectivity index (χ1) is 15.8. The molecule has 0 unspecified atom stereocenters. The minimum Gasteiger partial charge on any atom is -0.337 e. The lowest BCUT2D eigenvalue weighted by Crippen LogP contribution is -2.36. The lowest BCUT2D eigenvalue weighted by molar-refractivity contribution is -0.111. The zero-order valence-corrected chi connectivity index (χ0v) is 19.1. The summed E-state index contributed by atoms with van der Waals surface area (Å²) in [6, 6.07) is 8.19. The summed E-state index contributed by atoms with van der Waals surface area (Å²) in [5.74, 6) is 6.02. The molecule has 33 heavy (non-hydrogen) atoms. The summed E-state index contributed by atoms with van der Waals surface area (Å²) in [4.78, 5) is 23.0. The van der Waals surface area contributed by atoms with Gasteiger partial charge in [0.05, 0.1) is 33.0 Å². The van der Waals surface area contributed by atoms with Crippen LogP contribution in [0.3, 0.4) is 0 Å². The van der Waals surface area contributed by atoms with Crippen LogP contribution in [0.1, 0.15) is 25.3 Å². The van der Waals surface area contributed by atoms with Gasteiger partial charge in [0.1, 0.15) is 12.1 Å². The quantitative estimate of drug-likeness (QED) is 0.415. The first kappa shape index (κ1) is 22.7. The van der Waals surface area contributed by atoms with E-state index < -0.39 is 5.82 Å². The minimum absolute atomic E-state index is 0.000216. The number of fused-ring (bicyclic) bond motifs is 1. The lowest BCUT2D eigenvalue weighted by Gasteiger charge is -2.26. The van der Waals surface area contributed by atoms with Crippen molar-refractivity contribution in [3.8, 4) is 11.8 Å². The van der Waals surface area contributed by atoms with Crippen LogP contribution < -0.4 is 10.6 Å². The molecule has 2 aromatic carbocycles. The van der Waals surface area contributed by atoms with E-state index in [4.69, 9.17) is 11.6 Å². The number of nitrogens with one attached hydrogen (secondary N) is 2. The molecule has 6 nitrogen and oxygen atoms in total. The second-order valence-electron chi connectivity index (χ2n) is 8.11. The van der Waals surface area contributed by atoms with Crippen LogP contribution in [0.2, 0.25) is 5.02 Å². The highest BCUT2D eigenvalue weighted by Crippen LogP contribution is 2.31. The zero-order chi connectivity index (χ0) is 23.6. The van der Waals surface area contributed by atoms with Gasteiger partial charge in [-0.05, 0) is 63.7 Å². The molecule has 1 saturated heterocycles. The molecule has 0 bridgehead atoms. The van der Waals surface area contributed by atoms with Gasteiger partial charge < -0.3 is 10.6 Å². The van der Waals surface area contributed by atoms with E-state index in [0.717, 1.165) is 19.4 Å². The third kappa shape index (κ3) is 4.68. The van der Waals surface area contributed by atoms with Crippen molar-refractivity contribution in [2.24, 2.45) is 0 Å². The first-order valence-corrected chi connectivity index (χ1v) is 10.9. The van der Waals surface area contributed by atoms with Gasteiger partial charge in [-0.3, -0.25) is 9.69 Å². The van der Waals surface area contributed by atoms with Gasteiger partial charge in [0.15, 0.2) is 5.82 Å². The third-order valence-electron chi connectivity index (χ3n) is 5.89. The van der Waals surface area contributed by atoms with Gasteiger partial charge in [-0.1, -0.05) is 36.1 Å². The molecule has 1 atom stereocenters. The molecule has 1 fully saturated rings. The number of carbonyl (C=O) groups excluding carboxylic acids is 1. The highest BCUT2D eigenvalue weighted by molar-refractivity contribution is 6.31. The SMILES string of the molecule is C=CC(=O)Nc1cc2c(Nc3cccc(Cl)c3F)ncnc2cc1C#C[C@@]1(C)CCCN1C. The summed E-state index contributed by atoms with van der Waals surface area (Å²) in [5.41, 5.74) is 1.66. The number of rotatable bonds is 4. The highest BCUT2D eigenvalue weighted by atomic mass is 35.5. The van der Waals surface area contributed by atoms with Crippen molar-refractivity contribution < 1.29 is 9.18 Å². The lowest BCUT2D eigenvalue weighted by atomic mass is 9.99. The maximum Gasteiger partial charge on any atom is 0.247 e. The van der Waals surface area contributed by atoms with Gasteiger partial charge in [-0.2, -0.15) is 0 Å². The van der Waals surface area contributed by atoms with E-state index in [2.05, 4.69) is 57.9 Å². The summed E-state index contributed by atoms with van der Waals surface area (Å²) in [6.45, 7) is 6.63. The molecule has 4 rings (SSSR count). The number of benzene rings is 2. The number of nitrogens with zero attached hydrogens (tertiary/aromatic N) is 3. The fourth-order valence-electron chi connectivity index (χ4n) is 3.78. The Morgan fingerprint density at radius 2 is 2.15 bits per heavy atom. The number of aromatic nitrogens is 2. The minimum atomic E-state index is -0.581. The van der Waals surface area contributed by atoms with Crippen LogP contribution in [0, 0.1) is 17.7 Å². The Balaban J connectivity index is 1.81. The monoisotopic (exact) mass is 463 g/mol. The van der Waals surface area contributed by atoms with Crippen LogP contribution in [0.5, 0.6) is 0 Å². The first-order valence-electron chi connectivity index (χ1n) is 10.5. The van der Waals surface area contributed by atoms with Crippen LogP contribution in [0.4, 0.5) is 21.6 Å². The number of likely N-dealkylation sites (tertiary alicyclic amines) is 1. The Hall–Kier alpha value is -3.47. The molecule has 0 spiro atoms. The van der Waals surface area contributed by atoms with E-state index in [1.165, 1.54) is 18.5 Å². The smallest absolute Gasteiger partial charge is 0.247 e. The highest BCUT2D eigenvalue weighted by Gasteiger charge is 2.31. The van der Waals surface area contributed by atoms with E-state index in [9.17, 15) is 9.18 Å². The Morgan fingerprint density at radius 1 is 1.33 bits per heavy atom. The van der Waals surface area contributed by atoms with Crippen molar-refractivity contribution in [3.63, 3.8) is 0 Å². The van der Waals surface area contributed by atoms with Crippen molar-refractivity contribution in [1.29, 1.82) is 0 Å². The van der Waals surface area contributed by atoms with Gasteiger partial charge in [0.25, 0.3) is 0 Å². The molecule has 1 amide bonds. The number of anilines is 3. The molecular weight excluding hydrogens is 441 g/mol. The molecule has 3 aromatic rings. The van der Waals surface area contributed by atoms with Gasteiger partial charge in [-0.25, -0.2) is 14.4 Å². The van der Waals surface area contributed by atoms with Crippen molar-refractivity contribution in [3.05, 3.63) is 65.7 Å². The van der Waals surface area contributed by atoms with Gasteiger partial charge in [0, 0.05) is 5.39 Å². The van der Waals surface area contributed by atoms with Crippen molar-refractivity contribution in [1.82, 2.24) is 14.9 Å². The molecule has 2 N–H and O–H groups in total. The molecule has 168 valence electrons. The average Bonchev–Trinajstić information content (AvgIpc) is 3.14. The van der Waals surface area contributed by atoms with Gasteiger partial charge in [0.2, 0.25) is 5.91 Å². The molecule has 8 heteroatoms. The topological polar surface area (TPSA) is 70.1 Å². The summed E-state index contributed by atoms with van der Waals surface area (Å²) in [7, 11) is 2.06. The normalized spacial score (nSPS) is 17.9. The fourth-order valence-corrected chi connectivity index (χ4v) is 3.95. The van der Waals surface area contributed by atoms with E-state index in [1.54, 1.807) is 24.3 Å². The average molecular weight is 464 g/mol. The maximum absolute atomic E-state index is 14.4. The largest absolute Gasteiger partial charge is 0.337 e. The van der Waals surface area contributed by atoms with E-state index in [-0.39, 0.29) is 22.2 Å². The van der Waals surface area contributed by atoms with Gasteiger partial charge >= 0.3 is 0 Å². The third-order valence-corrected chi connectivity index (χ3v) is 6.18.